The van der Waals surface area contributed by atoms with Crippen LogP contribution in [0.2, 0.25) is 10.0 Å². The molecule has 3 aromatic rings. The topological polar surface area (TPSA) is 84.2 Å². The molecule has 3 rings (SSSR count). The molecule has 1 aromatic carbocycles. The highest BCUT2D eigenvalue weighted by molar-refractivity contribution is 7.14. The van der Waals surface area contributed by atoms with Crippen molar-refractivity contribution >= 4 is 51.5 Å². The summed E-state index contributed by atoms with van der Waals surface area (Å²) >= 11 is 13.3. The fourth-order valence-corrected chi connectivity index (χ4v) is 3.90. The van der Waals surface area contributed by atoms with Gasteiger partial charge in [0.15, 0.2) is 5.13 Å². The highest BCUT2D eigenvalue weighted by Gasteiger charge is 2.16. The van der Waals surface area contributed by atoms with E-state index < -0.39 is 0 Å². The average Bonchev–Trinajstić information content (AvgIpc) is 3.23. The molecule has 146 valence electrons. The molecule has 2 amide bonds. The SMILES string of the molecule is Cc1occc1C(=O)Nc1nc(CC(=O)NC(C)c2ccc(Cl)cc2Cl)cs1. The summed E-state index contributed by atoms with van der Waals surface area (Å²) < 4.78 is 5.12. The minimum absolute atomic E-state index is 0.0899. The maximum atomic E-state index is 12.3. The zero-order chi connectivity index (χ0) is 20.3. The van der Waals surface area contributed by atoms with Crippen LogP contribution in [0.4, 0.5) is 5.13 Å². The Morgan fingerprint density at radius 1 is 1.29 bits per heavy atom. The Balaban J connectivity index is 1.57. The van der Waals surface area contributed by atoms with E-state index in [2.05, 4.69) is 15.6 Å². The van der Waals surface area contributed by atoms with Gasteiger partial charge < -0.3 is 9.73 Å². The standard InChI is InChI=1S/C19H17Cl2N3O3S/c1-10(14-4-3-12(20)7-16(14)21)22-17(25)8-13-9-28-19(23-13)24-18(26)15-5-6-27-11(15)2/h3-7,9-10H,8H2,1-2H3,(H,22,25)(H,23,24,26). The second-order valence-electron chi connectivity index (χ2n) is 6.12. The van der Waals surface area contributed by atoms with Crippen molar-refractivity contribution in [2.45, 2.75) is 26.3 Å². The van der Waals surface area contributed by atoms with Crippen LogP contribution in [0.25, 0.3) is 0 Å². The zero-order valence-electron chi connectivity index (χ0n) is 15.1. The van der Waals surface area contributed by atoms with Crippen molar-refractivity contribution < 1.29 is 14.0 Å². The number of nitrogens with zero attached hydrogens (tertiary/aromatic N) is 1. The van der Waals surface area contributed by atoms with Crippen LogP contribution in [0.15, 0.2) is 40.3 Å². The van der Waals surface area contributed by atoms with Gasteiger partial charge in [-0.25, -0.2) is 4.98 Å². The number of aryl methyl sites for hydroxylation is 1. The maximum Gasteiger partial charge on any atom is 0.260 e. The van der Waals surface area contributed by atoms with Gasteiger partial charge in [0.25, 0.3) is 5.91 Å². The Kier molecular flexibility index (Phi) is 6.39. The average molecular weight is 438 g/mol. The first-order valence-electron chi connectivity index (χ1n) is 8.37. The molecule has 6 nitrogen and oxygen atoms in total. The molecule has 9 heteroatoms. The van der Waals surface area contributed by atoms with Crippen LogP contribution in [-0.2, 0) is 11.2 Å². The fraction of sp³-hybridized carbons (Fsp3) is 0.211. The van der Waals surface area contributed by atoms with E-state index in [0.29, 0.717) is 32.2 Å². The Morgan fingerprint density at radius 3 is 2.75 bits per heavy atom. The molecule has 1 atom stereocenters. The van der Waals surface area contributed by atoms with Crippen molar-refractivity contribution in [2.24, 2.45) is 0 Å². The van der Waals surface area contributed by atoms with E-state index in [0.717, 1.165) is 5.56 Å². The van der Waals surface area contributed by atoms with Crippen molar-refractivity contribution in [3.8, 4) is 0 Å². The number of thiazole rings is 1. The highest BCUT2D eigenvalue weighted by atomic mass is 35.5. The second kappa shape index (κ2) is 8.77. The summed E-state index contributed by atoms with van der Waals surface area (Å²) in [6.45, 7) is 3.55. The number of carbonyl (C=O) groups is 2. The molecule has 0 saturated carbocycles. The van der Waals surface area contributed by atoms with Crippen LogP contribution in [0.5, 0.6) is 0 Å². The van der Waals surface area contributed by atoms with E-state index in [-0.39, 0.29) is 24.3 Å². The van der Waals surface area contributed by atoms with Crippen molar-refractivity contribution in [2.75, 3.05) is 5.32 Å². The fourth-order valence-electron chi connectivity index (χ4n) is 2.62. The summed E-state index contributed by atoms with van der Waals surface area (Å²) in [5.74, 6) is 0.0264. The van der Waals surface area contributed by atoms with Gasteiger partial charge in [0, 0.05) is 15.4 Å². The third-order valence-corrected chi connectivity index (χ3v) is 5.39. The third kappa shape index (κ3) is 4.92. The molecule has 2 aromatic heterocycles. The first-order chi connectivity index (χ1) is 13.3. The molecule has 2 N–H and O–H groups in total. The first-order valence-corrected chi connectivity index (χ1v) is 10.0. The lowest BCUT2D eigenvalue weighted by atomic mass is 10.1. The van der Waals surface area contributed by atoms with Crippen LogP contribution >= 0.6 is 34.5 Å². The first kappa shape index (κ1) is 20.4. The van der Waals surface area contributed by atoms with E-state index in [1.165, 1.54) is 17.6 Å². The highest BCUT2D eigenvalue weighted by Crippen LogP contribution is 2.26. The maximum absolute atomic E-state index is 12.3. The van der Waals surface area contributed by atoms with E-state index >= 15 is 0 Å². The van der Waals surface area contributed by atoms with Crippen LogP contribution < -0.4 is 10.6 Å². The summed E-state index contributed by atoms with van der Waals surface area (Å²) in [7, 11) is 0. The van der Waals surface area contributed by atoms with Crippen LogP contribution in [0.1, 0.15) is 40.3 Å². The Morgan fingerprint density at radius 2 is 2.07 bits per heavy atom. The third-order valence-electron chi connectivity index (χ3n) is 4.02. The number of hydrogen-bond acceptors (Lipinski definition) is 5. The molecule has 2 heterocycles. The van der Waals surface area contributed by atoms with Crippen LogP contribution in [0.3, 0.4) is 0 Å². The lowest BCUT2D eigenvalue weighted by Gasteiger charge is -2.15. The van der Waals surface area contributed by atoms with E-state index in [1.54, 1.807) is 36.6 Å². The minimum Gasteiger partial charge on any atom is -0.469 e. The number of aromatic nitrogens is 1. The van der Waals surface area contributed by atoms with Gasteiger partial charge in [0.1, 0.15) is 5.76 Å². The van der Waals surface area contributed by atoms with Gasteiger partial charge in [0.05, 0.1) is 30.0 Å². The van der Waals surface area contributed by atoms with E-state index in [4.69, 9.17) is 27.6 Å². The molecule has 0 aliphatic carbocycles. The van der Waals surface area contributed by atoms with Gasteiger partial charge in [-0.15, -0.1) is 11.3 Å². The monoisotopic (exact) mass is 437 g/mol. The Bertz CT molecular complexity index is 1020. The summed E-state index contributed by atoms with van der Waals surface area (Å²) in [5, 5.41) is 8.77. The van der Waals surface area contributed by atoms with Gasteiger partial charge >= 0.3 is 0 Å². The van der Waals surface area contributed by atoms with Crippen molar-refractivity contribution in [3.05, 3.63) is 68.5 Å². The lowest BCUT2D eigenvalue weighted by Crippen LogP contribution is -2.28. The number of rotatable bonds is 6. The van der Waals surface area contributed by atoms with Crippen LogP contribution in [-0.4, -0.2) is 16.8 Å². The largest absolute Gasteiger partial charge is 0.469 e. The zero-order valence-corrected chi connectivity index (χ0v) is 17.4. The quantitative estimate of drug-likeness (QED) is 0.566. The van der Waals surface area contributed by atoms with Crippen molar-refractivity contribution in [3.63, 3.8) is 0 Å². The summed E-state index contributed by atoms with van der Waals surface area (Å²) in [5.41, 5.74) is 1.79. The lowest BCUT2D eigenvalue weighted by molar-refractivity contribution is -0.121. The minimum atomic E-state index is -0.303. The molecule has 0 aliphatic rings. The normalized spacial score (nSPS) is 11.9. The molecule has 1 unspecified atom stereocenters. The molecule has 0 radical (unpaired) electrons. The molecule has 0 saturated heterocycles. The summed E-state index contributed by atoms with van der Waals surface area (Å²) in [6.07, 6.45) is 1.54. The predicted molar refractivity (Wildman–Crippen MR) is 110 cm³/mol. The summed E-state index contributed by atoms with van der Waals surface area (Å²) in [4.78, 5) is 28.8. The van der Waals surface area contributed by atoms with Crippen molar-refractivity contribution in [1.82, 2.24) is 10.3 Å². The van der Waals surface area contributed by atoms with Gasteiger partial charge in [-0.3, -0.25) is 14.9 Å². The predicted octanol–water partition coefficient (Wildman–Crippen LogP) is 5.02. The van der Waals surface area contributed by atoms with Gasteiger partial charge in [-0.05, 0) is 37.6 Å². The molecule has 0 aliphatic heterocycles. The Labute approximate surface area is 175 Å². The van der Waals surface area contributed by atoms with Gasteiger partial charge in [-0.1, -0.05) is 29.3 Å². The van der Waals surface area contributed by atoms with Gasteiger partial charge in [-0.2, -0.15) is 0 Å². The number of amides is 2. The van der Waals surface area contributed by atoms with Crippen LogP contribution in [0, 0.1) is 6.92 Å². The second-order valence-corrected chi connectivity index (χ2v) is 7.82. The van der Waals surface area contributed by atoms with Gasteiger partial charge in [0.2, 0.25) is 5.91 Å². The molecular formula is C19H17Cl2N3O3S. The number of hydrogen-bond donors (Lipinski definition) is 2. The van der Waals surface area contributed by atoms with E-state index in [9.17, 15) is 9.59 Å². The number of anilines is 1. The summed E-state index contributed by atoms with van der Waals surface area (Å²) in [6, 6.07) is 6.46. The van der Waals surface area contributed by atoms with Crippen molar-refractivity contribution in [1.29, 1.82) is 0 Å². The number of nitrogens with one attached hydrogen (secondary N) is 2. The number of carbonyl (C=O) groups excluding carboxylic acids is 2. The molecular weight excluding hydrogens is 421 g/mol. The molecule has 0 spiro atoms. The number of benzene rings is 1. The molecule has 0 bridgehead atoms. The smallest absolute Gasteiger partial charge is 0.260 e. The van der Waals surface area contributed by atoms with E-state index in [1.807, 2.05) is 6.92 Å². The number of furan rings is 1. The number of halogens is 2. The molecule has 0 fully saturated rings. The Hall–Kier alpha value is -2.35. The molecule has 28 heavy (non-hydrogen) atoms.